The van der Waals surface area contributed by atoms with Crippen LogP contribution in [0.5, 0.6) is 0 Å². The quantitative estimate of drug-likeness (QED) is 0.614. The lowest BCUT2D eigenvalue weighted by atomic mass is 10.3. The predicted molar refractivity (Wildman–Crippen MR) is 46.3 cm³/mol. The van der Waals surface area contributed by atoms with Crippen molar-refractivity contribution in [1.29, 1.82) is 0 Å². The number of hydrogen-bond donors (Lipinski definition) is 0. The first-order valence-corrected chi connectivity index (χ1v) is 5.04. The molecule has 2 atom stereocenters. The third kappa shape index (κ3) is 2.51. The summed E-state index contributed by atoms with van der Waals surface area (Å²) in [6.45, 7) is 5.47. The van der Waals surface area contributed by atoms with E-state index < -0.39 is 0 Å². The molecule has 10 heavy (non-hydrogen) atoms. The van der Waals surface area contributed by atoms with Crippen molar-refractivity contribution in [1.82, 2.24) is 0 Å². The number of thioether (sulfide) groups is 1. The molecule has 1 fully saturated rings. The maximum absolute atomic E-state index is 5.55. The molecule has 0 bridgehead atoms. The number of rotatable bonds is 2. The molecule has 0 aromatic carbocycles. The van der Waals surface area contributed by atoms with Gasteiger partial charge in [-0.2, -0.15) is 0 Å². The van der Waals surface area contributed by atoms with Gasteiger partial charge in [0.1, 0.15) is 5.44 Å². The van der Waals surface area contributed by atoms with E-state index in [1.54, 1.807) is 0 Å². The molecular weight excluding hydrogens is 144 g/mol. The molecule has 1 aliphatic heterocycles. The summed E-state index contributed by atoms with van der Waals surface area (Å²) in [5.74, 6) is 0. The Labute approximate surface area is 67.5 Å². The fraction of sp³-hybridized carbons (Fsp3) is 1.00. The van der Waals surface area contributed by atoms with Crippen molar-refractivity contribution < 1.29 is 4.74 Å². The van der Waals surface area contributed by atoms with Gasteiger partial charge in [0.05, 0.1) is 0 Å². The van der Waals surface area contributed by atoms with Crippen LogP contribution in [0.4, 0.5) is 0 Å². The average Bonchev–Trinajstić information content (AvgIpc) is 1.88. The molecule has 1 saturated heterocycles. The van der Waals surface area contributed by atoms with Crippen LogP contribution in [0, 0.1) is 0 Å². The van der Waals surface area contributed by atoms with Crippen LogP contribution in [0.1, 0.15) is 33.1 Å². The Morgan fingerprint density at radius 3 is 3.00 bits per heavy atom. The maximum atomic E-state index is 5.55. The number of ether oxygens (including phenoxy) is 1. The fourth-order valence-electron chi connectivity index (χ4n) is 1.12. The Morgan fingerprint density at radius 2 is 2.40 bits per heavy atom. The Hall–Kier alpha value is 0.310. The van der Waals surface area contributed by atoms with Crippen LogP contribution in [-0.4, -0.2) is 17.3 Å². The minimum absolute atomic E-state index is 0.494. The molecule has 0 N–H and O–H groups in total. The molecule has 0 aromatic heterocycles. The van der Waals surface area contributed by atoms with Crippen molar-refractivity contribution in [2.24, 2.45) is 0 Å². The van der Waals surface area contributed by atoms with Crippen LogP contribution in [0.2, 0.25) is 0 Å². The van der Waals surface area contributed by atoms with E-state index >= 15 is 0 Å². The van der Waals surface area contributed by atoms with Gasteiger partial charge in [0.2, 0.25) is 0 Å². The molecule has 60 valence electrons. The predicted octanol–water partition coefficient (Wildman–Crippen LogP) is 2.65. The van der Waals surface area contributed by atoms with Gasteiger partial charge in [0.25, 0.3) is 0 Å². The molecule has 0 aromatic rings. The van der Waals surface area contributed by atoms with Crippen LogP contribution in [0.15, 0.2) is 0 Å². The highest BCUT2D eigenvalue weighted by molar-refractivity contribution is 8.00. The van der Waals surface area contributed by atoms with Crippen molar-refractivity contribution in [3.8, 4) is 0 Å². The molecule has 0 aliphatic carbocycles. The molecular formula is C8H16OS. The van der Waals surface area contributed by atoms with Crippen molar-refractivity contribution >= 4 is 11.8 Å². The van der Waals surface area contributed by atoms with Gasteiger partial charge < -0.3 is 4.74 Å². The second-order valence-corrected chi connectivity index (χ2v) is 4.43. The minimum atomic E-state index is 0.494. The van der Waals surface area contributed by atoms with E-state index in [1.807, 2.05) is 11.8 Å². The zero-order chi connectivity index (χ0) is 7.40. The maximum Gasteiger partial charge on any atom is 0.103 e. The Bertz CT molecular complexity index is 93.3. The summed E-state index contributed by atoms with van der Waals surface area (Å²) in [7, 11) is 0. The topological polar surface area (TPSA) is 9.23 Å². The van der Waals surface area contributed by atoms with Gasteiger partial charge in [0, 0.05) is 11.9 Å². The minimum Gasteiger partial charge on any atom is -0.368 e. The van der Waals surface area contributed by atoms with Gasteiger partial charge in [-0.25, -0.2) is 0 Å². The van der Waals surface area contributed by atoms with Gasteiger partial charge >= 0.3 is 0 Å². The average molecular weight is 160 g/mol. The van der Waals surface area contributed by atoms with Gasteiger partial charge in [-0.1, -0.05) is 20.3 Å². The normalized spacial score (nSPS) is 34.2. The Morgan fingerprint density at radius 1 is 1.60 bits per heavy atom. The molecule has 0 amide bonds. The lowest BCUT2D eigenvalue weighted by Gasteiger charge is -2.26. The van der Waals surface area contributed by atoms with E-state index in [-0.39, 0.29) is 0 Å². The first kappa shape index (κ1) is 8.41. The molecule has 2 heteroatoms. The number of hydrogen-bond acceptors (Lipinski definition) is 2. The molecule has 1 rings (SSSR count). The zero-order valence-corrected chi connectivity index (χ0v) is 7.62. The Kier molecular flexibility index (Phi) is 3.57. The zero-order valence-electron chi connectivity index (χ0n) is 6.80. The standard InChI is InChI=1S/C8H16OS/c1-3-4-8-9-6-5-7(2)10-8/h7-8H,3-6H2,1-2H3. The second-order valence-electron chi connectivity index (χ2n) is 2.82. The van der Waals surface area contributed by atoms with Crippen LogP contribution in [-0.2, 0) is 4.74 Å². The summed E-state index contributed by atoms with van der Waals surface area (Å²) in [5, 5.41) is 0.810. The van der Waals surface area contributed by atoms with Crippen LogP contribution in [0.3, 0.4) is 0 Å². The molecule has 2 unspecified atom stereocenters. The summed E-state index contributed by atoms with van der Waals surface area (Å²) in [5.41, 5.74) is 0.494. The highest BCUT2D eigenvalue weighted by Gasteiger charge is 2.18. The first-order valence-electron chi connectivity index (χ1n) is 4.10. The third-order valence-electron chi connectivity index (χ3n) is 1.74. The molecule has 0 saturated carbocycles. The van der Waals surface area contributed by atoms with E-state index in [9.17, 15) is 0 Å². The van der Waals surface area contributed by atoms with E-state index in [2.05, 4.69) is 13.8 Å². The monoisotopic (exact) mass is 160 g/mol. The summed E-state index contributed by atoms with van der Waals surface area (Å²) in [6.07, 6.45) is 3.68. The summed E-state index contributed by atoms with van der Waals surface area (Å²) >= 11 is 1.99. The van der Waals surface area contributed by atoms with Crippen LogP contribution >= 0.6 is 11.8 Å². The molecule has 1 aliphatic rings. The van der Waals surface area contributed by atoms with Gasteiger partial charge in [0.15, 0.2) is 0 Å². The molecule has 0 spiro atoms. The van der Waals surface area contributed by atoms with Crippen LogP contribution < -0.4 is 0 Å². The smallest absolute Gasteiger partial charge is 0.103 e. The highest BCUT2D eigenvalue weighted by Crippen LogP contribution is 2.29. The molecule has 1 nitrogen and oxygen atoms in total. The molecule has 0 radical (unpaired) electrons. The van der Waals surface area contributed by atoms with Gasteiger partial charge in [-0.15, -0.1) is 11.8 Å². The van der Waals surface area contributed by atoms with E-state index in [4.69, 9.17) is 4.74 Å². The van der Waals surface area contributed by atoms with E-state index in [0.717, 1.165) is 11.9 Å². The van der Waals surface area contributed by atoms with Crippen molar-refractivity contribution in [2.75, 3.05) is 6.61 Å². The third-order valence-corrected chi connectivity index (χ3v) is 3.11. The highest BCUT2D eigenvalue weighted by atomic mass is 32.2. The van der Waals surface area contributed by atoms with Crippen molar-refractivity contribution in [2.45, 2.75) is 43.8 Å². The summed E-state index contributed by atoms with van der Waals surface area (Å²) in [6, 6.07) is 0. The van der Waals surface area contributed by atoms with Gasteiger partial charge in [-0.05, 0) is 12.8 Å². The lowest BCUT2D eigenvalue weighted by Crippen LogP contribution is -2.21. The van der Waals surface area contributed by atoms with Crippen LogP contribution in [0.25, 0.3) is 0 Å². The van der Waals surface area contributed by atoms with E-state index in [1.165, 1.54) is 19.3 Å². The lowest BCUT2D eigenvalue weighted by molar-refractivity contribution is 0.0948. The largest absolute Gasteiger partial charge is 0.368 e. The summed E-state index contributed by atoms with van der Waals surface area (Å²) < 4.78 is 5.55. The van der Waals surface area contributed by atoms with E-state index in [0.29, 0.717) is 5.44 Å². The van der Waals surface area contributed by atoms with Crippen molar-refractivity contribution in [3.05, 3.63) is 0 Å². The first-order chi connectivity index (χ1) is 4.83. The molecule has 1 heterocycles. The van der Waals surface area contributed by atoms with Gasteiger partial charge in [-0.3, -0.25) is 0 Å². The SMILES string of the molecule is CCCC1OCCC(C)S1. The fourth-order valence-corrected chi connectivity index (χ4v) is 2.42. The van der Waals surface area contributed by atoms with Crippen molar-refractivity contribution in [3.63, 3.8) is 0 Å². The second kappa shape index (κ2) is 4.24. The summed E-state index contributed by atoms with van der Waals surface area (Å²) in [4.78, 5) is 0. The Balaban J connectivity index is 2.18.